The van der Waals surface area contributed by atoms with Crippen LogP contribution in [0.1, 0.15) is 57.9 Å². The lowest BCUT2D eigenvalue weighted by Crippen LogP contribution is -2.47. The number of piperidine rings is 1. The number of aromatic hydroxyl groups is 1. The van der Waals surface area contributed by atoms with Gasteiger partial charge in [-0.1, -0.05) is 38.8 Å². The molecule has 2 rings (SSSR count). The number of rotatable bonds is 7. The van der Waals surface area contributed by atoms with Crippen molar-refractivity contribution in [2.75, 3.05) is 19.6 Å². The number of ketones is 1. The number of likely N-dealkylation sites (tertiary alicyclic amines) is 1. The summed E-state index contributed by atoms with van der Waals surface area (Å²) in [6.45, 7) is 7.27. The van der Waals surface area contributed by atoms with Gasteiger partial charge in [0.2, 0.25) is 0 Å². The largest absolute Gasteiger partial charge is 0.508 e. The lowest BCUT2D eigenvalue weighted by molar-refractivity contribution is -0.126. The van der Waals surface area contributed by atoms with Gasteiger partial charge in [-0.3, -0.25) is 4.79 Å². The Balaban J connectivity index is 2.12. The van der Waals surface area contributed by atoms with E-state index in [0.29, 0.717) is 12.2 Å². The summed E-state index contributed by atoms with van der Waals surface area (Å²) in [4.78, 5) is 15.2. The number of carbonyl (C=O) groups excluding carboxylic acids is 1. The summed E-state index contributed by atoms with van der Waals surface area (Å²) in [6, 6.07) is 7.30. The van der Waals surface area contributed by atoms with Gasteiger partial charge < -0.3 is 10.0 Å². The molecule has 0 atom stereocenters. The zero-order valence-corrected chi connectivity index (χ0v) is 14.0. The molecule has 0 saturated carbocycles. The minimum absolute atomic E-state index is 0.256. The fourth-order valence-electron chi connectivity index (χ4n) is 3.61. The summed E-state index contributed by atoms with van der Waals surface area (Å²) in [5, 5.41) is 9.79. The van der Waals surface area contributed by atoms with Crippen LogP contribution in [0.25, 0.3) is 0 Å². The smallest absolute Gasteiger partial charge is 0.143 e. The van der Waals surface area contributed by atoms with Gasteiger partial charge in [-0.05, 0) is 56.6 Å². The summed E-state index contributed by atoms with van der Waals surface area (Å²) < 4.78 is 0. The van der Waals surface area contributed by atoms with Crippen LogP contribution in [0.2, 0.25) is 0 Å². The molecule has 22 heavy (non-hydrogen) atoms. The summed E-state index contributed by atoms with van der Waals surface area (Å²) in [6.07, 6.45) is 6.07. The first-order valence-electron chi connectivity index (χ1n) is 8.67. The highest BCUT2D eigenvalue weighted by Gasteiger charge is 2.41. The molecule has 0 aromatic heterocycles. The van der Waals surface area contributed by atoms with Gasteiger partial charge >= 0.3 is 0 Å². The number of phenols is 1. The second-order valence-corrected chi connectivity index (χ2v) is 6.46. The monoisotopic (exact) mass is 303 g/mol. The molecule has 0 unspecified atom stereocenters. The molecule has 3 heteroatoms. The van der Waals surface area contributed by atoms with E-state index in [0.717, 1.165) is 38.0 Å². The van der Waals surface area contributed by atoms with Crippen LogP contribution in [0.15, 0.2) is 24.3 Å². The molecule has 0 spiro atoms. The van der Waals surface area contributed by atoms with Crippen LogP contribution in [0.4, 0.5) is 0 Å². The lowest BCUT2D eigenvalue weighted by Gasteiger charge is -2.41. The van der Waals surface area contributed by atoms with E-state index in [1.54, 1.807) is 12.1 Å². The normalized spacial score (nSPS) is 18.3. The van der Waals surface area contributed by atoms with Crippen molar-refractivity contribution in [3.05, 3.63) is 29.8 Å². The Morgan fingerprint density at radius 2 is 1.95 bits per heavy atom. The average molecular weight is 303 g/mol. The maximum atomic E-state index is 12.7. The van der Waals surface area contributed by atoms with Crippen molar-refractivity contribution in [2.45, 2.75) is 57.8 Å². The van der Waals surface area contributed by atoms with Crippen LogP contribution < -0.4 is 0 Å². The highest BCUT2D eigenvalue weighted by Crippen LogP contribution is 2.38. The van der Waals surface area contributed by atoms with Crippen molar-refractivity contribution < 1.29 is 9.90 Å². The van der Waals surface area contributed by atoms with Crippen LogP contribution >= 0.6 is 0 Å². The quantitative estimate of drug-likeness (QED) is 0.777. The van der Waals surface area contributed by atoms with E-state index in [2.05, 4.69) is 11.8 Å². The van der Waals surface area contributed by atoms with Gasteiger partial charge in [-0.15, -0.1) is 0 Å². The van der Waals surface area contributed by atoms with Gasteiger partial charge in [-0.25, -0.2) is 0 Å². The van der Waals surface area contributed by atoms with E-state index in [9.17, 15) is 9.90 Å². The number of nitrogens with zero attached hydrogens (tertiary/aromatic N) is 1. The number of unbranched alkanes of at least 4 members (excludes halogenated alkanes) is 2. The number of benzene rings is 1. The molecule has 0 radical (unpaired) electrons. The minimum atomic E-state index is -0.394. The van der Waals surface area contributed by atoms with Gasteiger partial charge in [-0.2, -0.15) is 0 Å². The van der Waals surface area contributed by atoms with Gasteiger partial charge in [0.15, 0.2) is 0 Å². The summed E-state index contributed by atoms with van der Waals surface area (Å²) >= 11 is 0. The Morgan fingerprint density at radius 1 is 1.23 bits per heavy atom. The van der Waals surface area contributed by atoms with E-state index in [1.165, 1.54) is 19.3 Å². The fourth-order valence-corrected chi connectivity index (χ4v) is 3.61. The third-order valence-electron chi connectivity index (χ3n) is 5.04. The van der Waals surface area contributed by atoms with Crippen molar-refractivity contribution in [1.82, 2.24) is 4.90 Å². The number of phenolic OH excluding ortho intramolecular Hbond substituents is 1. The standard InChI is InChI=1S/C19H29NO2/c1-3-5-6-12-20-13-10-19(11-14-20,18(22)4-2)16-8-7-9-17(21)15-16/h7-9,15,21H,3-6,10-14H2,1-2H3. The first-order valence-corrected chi connectivity index (χ1v) is 8.67. The van der Waals surface area contributed by atoms with Gasteiger partial charge in [0.05, 0.1) is 5.41 Å². The predicted octanol–water partition coefficient (Wildman–Crippen LogP) is 3.90. The molecule has 122 valence electrons. The second-order valence-electron chi connectivity index (χ2n) is 6.46. The number of carbonyl (C=O) groups is 1. The molecule has 1 aromatic rings. The zero-order chi connectivity index (χ0) is 16.0. The molecule has 1 aliphatic rings. The Bertz CT molecular complexity index is 490. The van der Waals surface area contributed by atoms with Crippen molar-refractivity contribution in [3.8, 4) is 5.75 Å². The molecule has 3 nitrogen and oxygen atoms in total. The third kappa shape index (κ3) is 3.70. The van der Waals surface area contributed by atoms with Crippen LogP contribution in [-0.2, 0) is 10.2 Å². The topological polar surface area (TPSA) is 40.5 Å². The number of hydrogen-bond acceptors (Lipinski definition) is 3. The Morgan fingerprint density at radius 3 is 2.55 bits per heavy atom. The van der Waals surface area contributed by atoms with Crippen LogP contribution in [0, 0.1) is 0 Å². The van der Waals surface area contributed by atoms with Crippen LogP contribution in [0.5, 0.6) is 5.75 Å². The minimum Gasteiger partial charge on any atom is -0.508 e. The van der Waals surface area contributed by atoms with Crippen molar-refractivity contribution in [1.29, 1.82) is 0 Å². The Hall–Kier alpha value is -1.35. The molecule has 1 N–H and O–H groups in total. The fraction of sp³-hybridized carbons (Fsp3) is 0.632. The molecular weight excluding hydrogens is 274 g/mol. The number of Topliss-reactive ketones (excluding diaryl/α,β-unsaturated/α-hetero) is 1. The maximum absolute atomic E-state index is 12.7. The highest BCUT2D eigenvalue weighted by molar-refractivity contribution is 5.90. The lowest BCUT2D eigenvalue weighted by atomic mass is 9.69. The molecule has 1 heterocycles. The van der Waals surface area contributed by atoms with E-state index < -0.39 is 5.41 Å². The first-order chi connectivity index (χ1) is 10.6. The van der Waals surface area contributed by atoms with Gasteiger partial charge in [0.25, 0.3) is 0 Å². The summed E-state index contributed by atoms with van der Waals surface area (Å²) in [7, 11) is 0. The second kappa shape index (κ2) is 7.77. The average Bonchev–Trinajstić information content (AvgIpc) is 2.55. The molecule has 1 saturated heterocycles. The van der Waals surface area contributed by atoms with Crippen molar-refractivity contribution >= 4 is 5.78 Å². The van der Waals surface area contributed by atoms with Gasteiger partial charge in [0, 0.05) is 6.42 Å². The Kier molecular flexibility index (Phi) is 6.01. The van der Waals surface area contributed by atoms with Gasteiger partial charge in [0.1, 0.15) is 11.5 Å². The predicted molar refractivity (Wildman–Crippen MR) is 90.3 cm³/mol. The maximum Gasteiger partial charge on any atom is 0.143 e. The van der Waals surface area contributed by atoms with E-state index >= 15 is 0 Å². The van der Waals surface area contributed by atoms with E-state index in [4.69, 9.17) is 0 Å². The van der Waals surface area contributed by atoms with E-state index in [-0.39, 0.29) is 5.75 Å². The summed E-state index contributed by atoms with van der Waals surface area (Å²) in [5.41, 5.74) is 0.599. The zero-order valence-electron chi connectivity index (χ0n) is 14.0. The molecular formula is C19H29NO2. The van der Waals surface area contributed by atoms with Crippen molar-refractivity contribution in [3.63, 3.8) is 0 Å². The van der Waals surface area contributed by atoms with Crippen LogP contribution in [0.3, 0.4) is 0 Å². The molecule has 1 fully saturated rings. The third-order valence-corrected chi connectivity index (χ3v) is 5.04. The SMILES string of the molecule is CCCCCN1CCC(C(=O)CC)(c2cccc(O)c2)CC1. The molecule has 1 aliphatic heterocycles. The first kappa shape index (κ1) is 17.0. The Labute approximate surface area is 134 Å². The molecule has 0 bridgehead atoms. The van der Waals surface area contributed by atoms with E-state index in [1.807, 2.05) is 19.1 Å². The molecule has 1 aromatic carbocycles. The van der Waals surface area contributed by atoms with Crippen molar-refractivity contribution in [2.24, 2.45) is 0 Å². The van der Waals surface area contributed by atoms with Crippen LogP contribution in [-0.4, -0.2) is 35.4 Å². The number of hydrogen-bond donors (Lipinski definition) is 1. The summed E-state index contributed by atoms with van der Waals surface area (Å²) in [5.74, 6) is 0.567. The highest BCUT2D eigenvalue weighted by atomic mass is 16.3. The molecule has 0 aliphatic carbocycles. The molecule has 0 amide bonds.